The molecule has 0 amide bonds. The van der Waals surface area contributed by atoms with Crippen LogP contribution < -0.4 is 0 Å². The number of para-hydroxylation sites is 2. The minimum atomic E-state index is -0.0231. The Morgan fingerprint density at radius 2 is 1.18 bits per heavy atom. The van der Waals surface area contributed by atoms with Crippen LogP contribution in [0, 0.1) is 0 Å². The van der Waals surface area contributed by atoms with E-state index < -0.39 is 0 Å². The van der Waals surface area contributed by atoms with Gasteiger partial charge in [-0.3, -0.25) is 4.79 Å². The van der Waals surface area contributed by atoms with Crippen LogP contribution in [-0.2, 0) is 5.41 Å². The summed E-state index contributed by atoms with van der Waals surface area (Å²) in [5, 5.41) is 0. The van der Waals surface area contributed by atoms with E-state index in [-0.39, 0.29) is 11.2 Å². The second kappa shape index (κ2) is 8.68. The zero-order chi connectivity index (χ0) is 23.7. The van der Waals surface area contributed by atoms with Crippen LogP contribution in [0.4, 0.5) is 0 Å². The quantitative estimate of drug-likeness (QED) is 0.271. The molecule has 0 saturated carbocycles. The summed E-state index contributed by atoms with van der Waals surface area (Å²) in [5.74, 6) is -0.0231. The van der Waals surface area contributed by atoms with E-state index in [4.69, 9.17) is 9.97 Å². The number of nitrogens with zero attached hydrogens (tertiary/aromatic N) is 2. The molecule has 3 heteroatoms. The molecular formula is C31H26N2O. The average molecular weight is 443 g/mol. The van der Waals surface area contributed by atoms with Crippen LogP contribution in [0.5, 0.6) is 0 Å². The zero-order valence-corrected chi connectivity index (χ0v) is 19.6. The molecule has 0 aliphatic heterocycles. The van der Waals surface area contributed by atoms with Crippen LogP contribution >= 0.6 is 0 Å². The van der Waals surface area contributed by atoms with Gasteiger partial charge in [0.15, 0.2) is 5.78 Å². The Morgan fingerprint density at radius 3 is 1.82 bits per heavy atom. The third-order valence-corrected chi connectivity index (χ3v) is 6.06. The first-order chi connectivity index (χ1) is 16.4. The fraction of sp³-hybridized carbons (Fsp3) is 0.129. The smallest absolute Gasteiger partial charge is 0.193 e. The van der Waals surface area contributed by atoms with E-state index >= 15 is 0 Å². The summed E-state index contributed by atoms with van der Waals surface area (Å²) < 4.78 is 0. The van der Waals surface area contributed by atoms with Gasteiger partial charge in [-0.1, -0.05) is 112 Å². The lowest BCUT2D eigenvalue weighted by molar-refractivity contribution is 0.103. The van der Waals surface area contributed by atoms with Crippen LogP contribution in [-0.4, -0.2) is 15.8 Å². The summed E-state index contributed by atoms with van der Waals surface area (Å²) >= 11 is 0. The third kappa shape index (κ3) is 4.13. The monoisotopic (exact) mass is 442 g/mol. The standard InChI is InChI=1S/C31H26N2O/c1-31(2,3)23-19-17-22(18-20-23)30(34)25-14-8-7-13-24(25)29-28(21-11-5-4-6-12-21)32-26-15-9-10-16-27(26)33-29/h4-20H,1-3H3. The van der Waals surface area contributed by atoms with E-state index in [9.17, 15) is 4.79 Å². The number of carbonyl (C=O) groups excluding carboxylic acids is 1. The molecule has 5 aromatic rings. The van der Waals surface area contributed by atoms with Gasteiger partial charge in [-0.05, 0) is 23.1 Å². The molecule has 0 fully saturated rings. The number of hydrogen-bond donors (Lipinski definition) is 0. The summed E-state index contributed by atoms with van der Waals surface area (Å²) in [6.45, 7) is 6.51. The van der Waals surface area contributed by atoms with E-state index in [1.165, 1.54) is 5.56 Å². The van der Waals surface area contributed by atoms with Gasteiger partial charge >= 0.3 is 0 Å². The Hall–Kier alpha value is -4.11. The predicted octanol–water partition coefficient (Wildman–Crippen LogP) is 7.49. The normalized spacial score (nSPS) is 11.5. The van der Waals surface area contributed by atoms with Crippen LogP contribution in [0.25, 0.3) is 33.5 Å². The second-order valence-corrected chi connectivity index (χ2v) is 9.48. The van der Waals surface area contributed by atoms with Crippen molar-refractivity contribution >= 4 is 16.8 Å². The maximum Gasteiger partial charge on any atom is 0.193 e. The topological polar surface area (TPSA) is 42.9 Å². The molecule has 0 atom stereocenters. The van der Waals surface area contributed by atoms with E-state index in [0.717, 1.165) is 27.9 Å². The average Bonchev–Trinajstić information content (AvgIpc) is 2.87. The van der Waals surface area contributed by atoms with Gasteiger partial charge in [0.05, 0.1) is 22.4 Å². The molecule has 4 aromatic carbocycles. The van der Waals surface area contributed by atoms with Gasteiger partial charge in [0.2, 0.25) is 0 Å². The summed E-state index contributed by atoms with van der Waals surface area (Å²) in [4.78, 5) is 23.6. The van der Waals surface area contributed by atoms with Crippen molar-refractivity contribution in [1.82, 2.24) is 9.97 Å². The molecule has 166 valence electrons. The highest BCUT2D eigenvalue weighted by molar-refractivity contribution is 6.13. The van der Waals surface area contributed by atoms with Crippen LogP contribution in [0.3, 0.4) is 0 Å². The van der Waals surface area contributed by atoms with Crippen LogP contribution in [0.1, 0.15) is 42.3 Å². The Kier molecular flexibility index (Phi) is 5.54. The van der Waals surface area contributed by atoms with Gasteiger partial charge in [0, 0.05) is 22.3 Å². The van der Waals surface area contributed by atoms with Crippen molar-refractivity contribution in [2.45, 2.75) is 26.2 Å². The Labute approximate surface area is 200 Å². The summed E-state index contributed by atoms with van der Waals surface area (Å²) in [6, 6.07) is 33.5. The van der Waals surface area contributed by atoms with Gasteiger partial charge in [0.1, 0.15) is 0 Å². The lowest BCUT2D eigenvalue weighted by atomic mass is 9.86. The molecule has 34 heavy (non-hydrogen) atoms. The fourth-order valence-electron chi connectivity index (χ4n) is 4.15. The van der Waals surface area contributed by atoms with Crippen molar-refractivity contribution in [2.75, 3.05) is 0 Å². The number of carbonyl (C=O) groups is 1. The molecule has 5 rings (SSSR count). The van der Waals surface area contributed by atoms with Gasteiger partial charge in [-0.15, -0.1) is 0 Å². The Bertz CT molecular complexity index is 1480. The van der Waals surface area contributed by atoms with Crippen molar-refractivity contribution in [3.05, 3.63) is 120 Å². The van der Waals surface area contributed by atoms with E-state index in [1.807, 2.05) is 103 Å². The number of benzene rings is 4. The molecule has 1 heterocycles. The van der Waals surface area contributed by atoms with Crippen molar-refractivity contribution in [3.8, 4) is 22.5 Å². The molecule has 0 aliphatic rings. The highest BCUT2D eigenvalue weighted by atomic mass is 16.1. The van der Waals surface area contributed by atoms with E-state index in [2.05, 4.69) is 20.8 Å². The van der Waals surface area contributed by atoms with E-state index in [0.29, 0.717) is 16.8 Å². The fourth-order valence-corrected chi connectivity index (χ4v) is 4.15. The molecule has 3 nitrogen and oxygen atoms in total. The summed E-state index contributed by atoms with van der Waals surface area (Å²) in [5.41, 5.74) is 7.36. The summed E-state index contributed by atoms with van der Waals surface area (Å²) in [6.07, 6.45) is 0. The van der Waals surface area contributed by atoms with Gasteiger partial charge < -0.3 is 0 Å². The highest BCUT2D eigenvalue weighted by Crippen LogP contribution is 2.34. The molecule has 0 N–H and O–H groups in total. The molecule has 0 radical (unpaired) electrons. The van der Waals surface area contributed by atoms with Crippen LogP contribution in [0.15, 0.2) is 103 Å². The first-order valence-electron chi connectivity index (χ1n) is 11.5. The predicted molar refractivity (Wildman–Crippen MR) is 139 cm³/mol. The van der Waals surface area contributed by atoms with Crippen molar-refractivity contribution in [2.24, 2.45) is 0 Å². The Morgan fingerprint density at radius 1 is 0.618 bits per heavy atom. The largest absolute Gasteiger partial charge is 0.289 e. The maximum absolute atomic E-state index is 13.7. The molecular weight excluding hydrogens is 416 g/mol. The SMILES string of the molecule is CC(C)(C)c1ccc(C(=O)c2ccccc2-c2nc3ccccc3nc2-c2ccccc2)cc1. The lowest BCUT2D eigenvalue weighted by Crippen LogP contribution is -2.11. The minimum absolute atomic E-state index is 0.0231. The third-order valence-electron chi connectivity index (χ3n) is 6.06. The number of hydrogen-bond acceptors (Lipinski definition) is 3. The minimum Gasteiger partial charge on any atom is -0.289 e. The second-order valence-electron chi connectivity index (χ2n) is 9.48. The molecule has 0 spiro atoms. The van der Waals surface area contributed by atoms with Gasteiger partial charge in [-0.2, -0.15) is 0 Å². The first kappa shape index (κ1) is 21.7. The lowest BCUT2D eigenvalue weighted by Gasteiger charge is -2.19. The molecule has 0 saturated heterocycles. The number of fused-ring (bicyclic) bond motifs is 1. The van der Waals surface area contributed by atoms with Gasteiger partial charge in [0.25, 0.3) is 0 Å². The molecule has 0 bridgehead atoms. The van der Waals surface area contributed by atoms with E-state index in [1.54, 1.807) is 0 Å². The first-order valence-corrected chi connectivity index (χ1v) is 11.5. The summed E-state index contributed by atoms with van der Waals surface area (Å²) in [7, 11) is 0. The van der Waals surface area contributed by atoms with Gasteiger partial charge in [-0.25, -0.2) is 9.97 Å². The number of aromatic nitrogens is 2. The van der Waals surface area contributed by atoms with Crippen molar-refractivity contribution in [1.29, 1.82) is 0 Å². The number of ketones is 1. The van der Waals surface area contributed by atoms with Crippen molar-refractivity contribution < 1.29 is 4.79 Å². The molecule has 0 unspecified atom stereocenters. The maximum atomic E-state index is 13.7. The zero-order valence-electron chi connectivity index (χ0n) is 19.6. The molecule has 0 aliphatic carbocycles. The van der Waals surface area contributed by atoms with Crippen LogP contribution in [0.2, 0.25) is 0 Å². The highest BCUT2D eigenvalue weighted by Gasteiger charge is 2.21. The molecule has 1 aromatic heterocycles. The van der Waals surface area contributed by atoms with Crippen molar-refractivity contribution in [3.63, 3.8) is 0 Å². The Balaban J connectivity index is 1.68. The number of rotatable bonds is 4.